The van der Waals surface area contributed by atoms with Gasteiger partial charge < -0.3 is 15.4 Å². The first-order valence-corrected chi connectivity index (χ1v) is 8.80. The maximum atomic E-state index is 13.2. The third-order valence-corrected chi connectivity index (χ3v) is 4.26. The van der Waals surface area contributed by atoms with Crippen LogP contribution >= 0.6 is 35.3 Å². The van der Waals surface area contributed by atoms with Gasteiger partial charge in [-0.2, -0.15) is 0 Å². The van der Waals surface area contributed by atoms with Gasteiger partial charge in [-0.05, 0) is 19.1 Å². The van der Waals surface area contributed by atoms with Crippen molar-refractivity contribution < 1.29 is 9.13 Å². The molecule has 9 heteroatoms. The van der Waals surface area contributed by atoms with E-state index in [1.54, 1.807) is 30.5 Å². The highest BCUT2D eigenvalue weighted by atomic mass is 127. The zero-order valence-corrected chi connectivity index (χ0v) is 17.6. The number of thiazole rings is 1. The molecule has 0 aliphatic carbocycles. The zero-order chi connectivity index (χ0) is 17.6. The second-order valence-electron chi connectivity index (χ2n) is 5.52. The predicted molar refractivity (Wildman–Crippen MR) is 113 cm³/mol. The van der Waals surface area contributed by atoms with Crippen LogP contribution in [0.4, 0.5) is 4.39 Å². The molecule has 0 amide bonds. The lowest BCUT2D eigenvalue weighted by Crippen LogP contribution is -2.41. The fourth-order valence-electron chi connectivity index (χ4n) is 2.31. The number of halogens is 2. The van der Waals surface area contributed by atoms with Crippen LogP contribution in [0, 0.1) is 5.82 Å². The molecule has 0 fully saturated rings. The van der Waals surface area contributed by atoms with Gasteiger partial charge in [0.05, 0.1) is 18.8 Å². The van der Waals surface area contributed by atoms with Gasteiger partial charge in [0, 0.05) is 30.9 Å². The van der Waals surface area contributed by atoms with Crippen molar-refractivity contribution >= 4 is 46.2 Å². The molecule has 140 valence electrons. The van der Waals surface area contributed by atoms with Crippen LogP contribution in [0.3, 0.4) is 0 Å². The van der Waals surface area contributed by atoms with E-state index in [-0.39, 0.29) is 35.9 Å². The highest BCUT2D eigenvalue weighted by Crippen LogP contribution is 2.13. The van der Waals surface area contributed by atoms with Crippen LogP contribution in [-0.2, 0) is 6.54 Å². The molecule has 0 radical (unpaired) electrons. The van der Waals surface area contributed by atoms with E-state index < -0.39 is 0 Å². The van der Waals surface area contributed by atoms with E-state index in [2.05, 4.69) is 20.6 Å². The fourth-order valence-corrected chi connectivity index (χ4v) is 3.03. The van der Waals surface area contributed by atoms with E-state index in [9.17, 15) is 4.39 Å². The molecule has 3 aromatic rings. The van der Waals surface area contributed by atoms with Gasteiger partial charge in [0.25, 0.3) is 0 Å². The maximum absolute atomic E-state index is 13.2. The molecule has 0 spiro atoms. The van der Waals surface area contributed by atoms with E-state index >= 15 is 0 Å². The summed E-state index contributed by atoms with van der Waals surface area (Å²) in [5.41, 5.74) is 0.943. The number of aromatic nitrogens is 2. The van der Waals surface area contributed by atoms with Crippen LogP contribution in [0.1, 0.15) is 12.6 Å². The molecule has 1 aromatic carbocycles. The van der Waals surface area contributed by atoms with Crippen molar-refractivity contribution in [3.8, 4) is 5.75 Å². The minimum absolute atomic E-state index is 0. The topological polar surface area (TPSA) is 63.0 Å². The normalized spacial score (nSPS) is 12.5. The van der Waals surface area contributed by atoms with Gasteiger partial charge in [-0.25, -0.2) is 9.37 Å². The van der Waals surface area contributed by atoms with Crippen molar-refractivity contribution in [1.82, 2.24) is 20.0 Å². The second-order valence-corrected chi connectivity index (χ2v) is 6.39. The average molecular weight is 489 g/mol. The van der Waals surface area contributed by atoms with Crippen LogP contribution < -0.4 is 15.4 Å². The summed E-state index contributed by atoms with van der Waals surface area (Å²) in [5, 5.41) is 8.41. The molecule has 1 atom stereocenters. The molecule has 1 unspecified atom stereocenters. The van der Waals surface area contributed by atoms with Crippen LogP contribution in [0.5, 0.6) is 5.75 Å². The molecule has 0 saturated heterocycles. The number of nitrogens with one attached hydrogen (secondary N) is 2. The monoisotopic (exact) mass is 489 g/mol. The molecule has 2 N–H and O–H groups in total. The summed E-state index contributed by atoms with van der Waals surface area (Å²) < 4.78 is 20.8. The highest BCUT2D eigenvalue weighted by Gasteiger charge is 2.08. The number of aliphatic imine (C=N–C) groups is 1. The first-order valence-electron chi connectivity index (χ1n) is 7.92. The van der Waals surface area contributed by atoms with Crippen molar-refractivity contribution in [3.63, 3.8) is 0 Å². The van der Waals surface area contributed by atoms with Crippen molar-refractivity contribution in [2.24, 2.45) is 4.99 Å². The van der Waals surface area contributed by atoms with Crippen LogP contribution in [0.15, 0.2) is 47.0 Å². The number of fused-ring (bicyclic) bond motifs is 1. The molecular formula is C17H21FIN5OS. The number of guanidine groups is 1. The van der Waals surface area contributed by atoms with Gasteiger partial charge in [0.1, 0.15) is 17.7 Å². The van der Waals surface area contributed by atoms with E-state index in [0.29, 0.717) is 24.8 Å². The Morgan fingerprint density at radius 2 is 2.27 bits per heavy atom. The number of nitrogens with zero attached hydrogens (tertiary/aromatic N) is 3. The molecule has 2 aromatic heterocycles. The van der Waals surface area contributed by atoms with E-state index in [1.165, 1.54) is 12.1 Å². The number of rotatable bonds is 6. The molecule has 0 bridgehead atoms. The SMILES string of the molecule is CN=C(NCc1cn2ccsc2n1)NCC(C)Oc1cccc(F)c1.I. The summed E-state index contributed by atoms with van der Waals surface area (Å²) in [5.74, 6) is 0.858. The number of imidazole rings is 1. The molecule has 0 aliphatic heterocycles. The van der Waals surface area contributed by atoms with Gasteiger partial charge in [-0.15, -0.1) is 35.3 Å². The summed E-state index contributed by atoms with van der Waals surface area (Å²) in [6.45, 7) is 3.02. The van der Waals surface area contributed by atoms with Gasteiger partial charge in [-0.1, -0.05) is 6.07 Å². The molecule has 26 heavy (non-hydrogen) atoms. The molecular weight excluding hydrogens is 468 g/mol. The van der Waals surface area contributed by atoms with Gasteiger partial charge in [0.2, 0.25) is 0 Å². The molecule has 0 aliphatic rings. The lowest BCUT2D eigenvalue weighted by molar-refractivity contribution is 0.223. The Labute approximate surface area is 172 Å². The predicted octanol–water partition coefficient (Wildman–Crippen LogP) is 3.29. The van der Waals surface area contributed by atoms with Crippen LogP contribution in [-0.4, -0.2) is 35.0 Å². The molecule has 3 rings (SSSR count). The Bertz CT molecular complexity index is 837. The van der Waals surface area contributed by atoms with Gasteiger partial charge in [0.15, 0.2) is 10.9 Å². The Balaban J connectivity index is 0.00000243. The summed E-state index contributed by atoms with van der Waals surface area (Å²) in [6, 6.07) is 6.12. The van der Waals surface area contributed by atoms with E-state index in [1.807, 2.05) is 29.1 Å². The van der Waals surface area contributed by atoms with Crippen LogP contribution in [0.25, 0.3) is 4.96 Å². The maximum Gasteiger partial charge on any atom is 0.193 e. The van der Waals surface area contributed by atoms with E-state index in [4.69, 9.17) is 4.74 Å². The lowest BCUT2D eigenvalue weighted by atomic mass is 10.3. The Kier molecular flexibility index (Phi) is 7.64. The molecule has 2 heterocycles. The number of hydrogen-bond acceptors (Lipinski definition) is 4. The largest absolute Gasteiger partial charge is 0.489 e. The minimum atomic E-state index is -0.310. The van der Waals surface area contributed by atoms with Gasteiger partial charge >= 0.3 is 0 Å². The van der Waals surface area contributed by atoms with Crippen molar-refractivity contribution in [2.45, 2.75) is 19.6 Å². The zero-order valence-electron chi connectivity index (χ0n) is 14.5. The Hall–Kier alpha value is -1.88. The number of benzene rings is 1. The van der Waals surface area contributed by atoms with Crippen LogP contribution in [0.2, 0.25) is 0 Å². The number of hydrogen-bond donors (Lipinski definition) is 2. The Morgan fingerprint density at radius 3 is 3.00 bits per heavy atom. The number of ether oxygens (including phenoxy) is 1. The summed E-state index contributed by atoms with van der Waals surface area (Å²) in [4.78, 5) is 9.67. The highest BCUT2D eigenvalue weighted by molar-refractivity contribution is 14.0. The van der Waals surface area contributed by atoms with Crippen molar-refractivity contribution in [2.75, 3.05) is 13.6 Å². The first-order chi connectivity index (χ1) is 12.1. The average Bonchev–Trinajstić information content (AvgIpc) is 3.16. The summed E-state index contributed by atoms with van der Waals surface area (Å²) in [6.07, 6.45) is 3.83. The first kappa shape index (κ1) is 20.4. The third-order valence-electron chi connectivity index (χ3n) is 3.49. The summed E-state index contributed by atoms with van der Waals surface area (Å²) >= 11 is 1.60. The second kappa shape index (κ2) is 9.72. The lowest BCUT2D eigenvalue weighted by Gasteiger charge is -2.17. The van der Waals surface area contributed by atoms with Crippen molar-refractivity contribution in [1.29, 1.82) is 0 Å². The third kappa shape index (κ3) is 5.56. The molecule has 6 nitrogen and oxygen atoms in total. The minimum Gasteiger partial charge on any atom is -0.489 e. The molecule has 0 saturated carbocycles. The summed E-state index contributed by atoms with van der Waals surface area (Å²) in [7, 11) is 1.71. The van der Waals surface area contributed by atoms with Gasteiger partial charge in [-0.3, -0.25) is 9.39 Å². The fraction of sp³-hybridized carbons (Fsp3) is 0.294. The standard InChI is InChI=1S/C17H20FN5OS.HI/c1-12(24-15-5-3-4-13(18)8-15)9-20-16(19-2)21-10-14-11-23-6-7-25-17(23)22-14;/h3-8,11-12H,9-10H2,1-2H3,(H2,19,20,21);1H. The Morgan fingerprint density at radius 1 is 1.42 bits per heavy atom. The van der Waals surface area contributed by atoms with E-state index in [0.717, 1.165) is 10.7 Å². The van der Waals surface area contributed by atoms with Crippen molar-refractivity contribution in [3.05, 3.63) is 53.6 Å². The smallest absolute Gasteiger partial charge is 0.193 e. The quantitative estimate of drug-likeness (QED) is 0.317.